The van der Waals surface area contributed by atoms with Crippen molar-refractivity contribution in [3.05, 3.63) is 23.8 Å². The van der Waals surface area contributed by atoms with Crippen molar-refractivity contribution in [2.75, 3.05) is 0 Å². The van der Waals surface area contributed by atoms with Crippen LogP contribution in [-0.2, 0) is 19.1 Å². The second-order valence-electron chi connectivity index (χ2n) is 9.55. The van der Waals surface area contributed by atoms with Crippen LogP contribution in [0.2, 0.25) is 0 Å². The molecule has 2 aliphatic carbocycles. The van der Waals surface area contributed by atoms with Gasteiger partial charge < -0.3 is 14.6 Å². The molecule has 8 atom stereocenters. The topological polar surface area (TPSA) is 72.8 Å². The standard InChI is InChI=1S/C25H38O5/c1-5-15(3)25(28)30-22-12-17(6-2)11-18-8-7-16(4)21(24(18)22)10-9-20-13-19(26)14-23(27)29-20/h7-8,11,15-17,19-22,24,26H,5-6,9-10,12-14H2,1-4H3/t15-,16-,17-,19+,20+,21-,22-,24-/m0/s1. The molecular weight excluding hydrogens is 380 g/mol. The van der Waals surface area contributed by atoms with E-state index >= 15 is 0 Å². The lowest BCUT2D eigenvalue weighted by Crippen LogP contribution is -2.42. The quantitative estimate of drug-likeness (QED) is 0.613. The van der Waals surface area contributed by atoms with E-state index in [-0.39, 0.29) is 42.4 Å². The van der Waals surface area contributed by atoms with Crippen LogP contribution in [0.25, 0.3) is 0 Å². The molecule has 0 saturated carbocycles. The summed E-state index contributed by atoms with van der Waals surface area (Å²) < 4.78 is 11.6. The van der Waals surface area contributed by atoms with Crippen molar-refractivity contribution < 1.29 is 24.2 Å². The maximum absolute atomic E-state index is 12.6. The van der Waals surface area contributed by atoms with Crippen LogP contribution >= 0.6 is 0 Å². The zero-order chi connectivity index (χ0) is 21.8. The highest BCUT2D eigenvalue weighted by molar-refractivity contribution is 5.72. The first-order valence-electron chi connectivity index (χ1n) is 11.8. The van der Waals surface area contributed by atoms with Crippen LogP contribution in [0.5, 0.6) is 0 Å². The zero-order valence-corrected chi connectivity index (χ0v) is 18.9. The fourth-order valence-corrected chi connectivity index (χ4v) is 5.23. The van der Waals surface area contributed by atoms with Gasteiger partial charge in [-0.2, -0.15) is 0 Å². The molecule has 5 heteroatoms. The van der Waals surface area contributed by atoms with Gasteiger partial charge in [-0.1, -0.05) is 45.9 Å². The third-order valence-corrected chi connectivity index (χ3v) is 7.34. The van der Waals surface area contributed by atoms with E-state index in [1.807, 2.05) is 13.8 Å². The maximum Gasteiger partial charge on any atom is 0.308 e. The Morgan fingerprint density at radius 1 is 1.30 bits per heavy atom. The number of rotatable bonds is 7. The fraction of sp³-hybridized carbons (Fsp3) is 0.760. The van der Waals surface area contributed by atoms with Crippen molar-refractivity contribution in [3.63, 3.8) is 0 Å². The number of carbonyl (C=O) groups excluding carboxylic acids is 2. The highest BCUT2D eigenvalue weighted by atomic mass is 16.5. The molecule has 0 unspecified atom stereocenters. The Kier molecular flexibility index (Phi) is 7.78. The molecule has 3 rings (SSSR count). The van der Waals surface area contributed by atoms with E-state index in [9.17, 15) is 14.7 Å². The number of hydrogen-bond acceptors (Lipinski definition) is 5. The van der Waals surface area contributed by atoms with Crippen LogP contribution in [0.4, 0.5) is 0 Å². The Hall–Kier alpha value is -1.62. The lowest BCUT2D eigenvalue weighted by Gasteiger charge is -2.44. The Labute approximate surface area is 180 Å². The summed E-state index contributed by atoms with van der Waals surface area (Å²) in [7, 11) is 0. The fourth-order valence-electron chi connectivity index (χ4n) is 5.23. The molecule has 0 aromatic carbocycles. The number of esters is 2. The first-order valence-corrected chi connectivity index (χ1v) is 11.8. The van der Waals surface area contributed by atoms with E-state index in [0.29, 0.717) is 24.2 Å². The second-order valence-corrected chi connectivity index (χ2v) is 9.55. The summed E-state index contributed by atoms with van der Waals surface area (Å²) in [6, 6.07) is 0. The van der Waals surface area contributed by atoms with Gasteiger partial charge >= 0.3 is 11.9 Å². The monoisotopic (exact) mass is 418 g/mol. The van der Waals surface area contributed by atoms with Gasteiger partial charge in [0.25, 0.3) is 0 Å². The summed E-state index contributed by atoms with van der Waals surface area (Å²) in [5, 5.41) is 9.92. The van der Waals surface area contributed by atoms with Gasteiger partial charge in [0, 0.05) is 12.3 Å². The Morgan fingerprint density at radius 3 is 2.73 bits per heavy atom. The number of aliphatic hydroxyl groups excluding tert-OH is 1. The van der Waals surface area contributed by atoms with Crippen LogP contribution in [0.1, 0.15) is 72.6 Å². The van der Waals surface area contributed by atoms with Gasteiger partial charge in [0.1, 0.15) is 12.2 Å². The Balaban J connectivity index is 1.77. The van der Waals surface area contributed by atoms with E-state index in [2.05, 4.69) is 32.1 Å². The number of carbonyl (C=O) groups is 2. The summed E-state index contributed by atoms with van der Waals surface area (Å²) >= 11 is 0. The van der Waals surface area contributed by atoms with Gasteiger partial charge in [-0.05, 0) is 55.4 Å². The number of ether oxygens (including phenoxy) is 2. The third-order valence-electron chi connectivity index (χ3n) is 7.34. The molecule has 1 N–H and O–H groups in total. The van der Waals surface area contributed by atoms with E-state index < -0.39 is 6.10 Å². The van der Waals surface area contributed by atoms with Crippen molar-refractivity contribution in [1.29, 1.82) is 0 Å². The molecule has 0 aromatic rings. The minimum Gasteiger partial charge on any atom is -0.462 e. The zero-order valence-electron chi connectivity index (χ0n) is 18.9. The van der Waals surface area contributed by atoms with Crippen molar-refractivity contribution in [2.45, 2.75) is 91.0 Å². The molecule has 5 nitrogen and oxygen atoms in total. The summed E-state index contributed by atoms with van der Waals surface area (Å²) in [4.78, 5) is 24.3. The highest BCUT2D eigenvalue weighted by Gasteiger charge is 2.42. The van der Waals surface area contributed by atoms with Crippen molar-refractivity contribution in [1.82, 2.24) is 0 Å². The van der Waals surface area contributed by atoms with E-state index in [4.69, 9.17) is 9.47 Å². The van der Waals surface area contributed by atoms with Gasteiger partial charge in [-0.25, -0.2) is 0 Å². The first-order chi connectivity index (χ1) is 14.3. The summed E-state index contributed by atoms with van der Waals surface area (Å²) in [5.74, 6) is 0.816. The van der Waals surface area contributed by atoms with Gasteiger partial charge in [0.15, 0.2) is 0 Å². The molecule has 30 heavy (non-hydrogen) atoms. The number of cyclic esters (lactones) is 1. The van der Waals surface area contributed by atoms with E-state index in [0.717, 1.165) is 32.1 Å². The van der Waals surface area contributed by atoms with Crippen LogP contribution in [0.15, 0.2) is 23.8 Å². The smallest absolute Gasteiger partial charge is 0.308 e. The normalized spacial score (nSPS) is 37.0. The molecule has 0 radical (unpaired) electrons. The Morgan fingerprint density at radius 2 is 2.07 bits per heavy atom. The van der Waals surface area contributed by atoms with Gasteiger partial charge in [0.2, 0.25) is 0 Å². The van der Waals surface area contributed by atoms with Crippen molar-refractivity contribution in [3.8, 4) is 0 Å². The summed E-state index contributed by atoms with van der Waals surface area (Å²) in [6.07, 6.45) is 10.9. The molecule has 0 amide bonds. The number of aliphatic hydroxyl groups is 1. The largest absolute Gasteiger partial charge is 0.462 e. The predicted molar refractivity (Wildman–Crippen MR) is 115 cm³/mol. The average molecular weight is 419 g/mol. The van der Waals surface area contributed by atoms with Crippen LogP contribution in [0, 0.1) is 29.6 Å². The molecule has 1 saturated heterocycles. The highest BCUT2D eigenvalue weighted by Crippen LogP contribution is 2.45. The SMILES string of the molecule is CC[C@H]1C=C2C=C[C@H](C)[C@H](CC[C@@H]3C[C@@H](O)CC(=O)O3)[C@H]2[C@@H](OC(=O)[C@@H](C)CC)C1. The molecule has 1 fully saturated rings. The lowest BCUT2D eigenvalue weighted by molar-refractivity contribution is -0.162. The Bertz CT molecular complexity index is 681. The molecule has 0 spiro atoms. The van der Waals surface area contributed by atoms with Gasteiger partial charge in [0.05, 0.1) is 18.4 Å². The number of fused-ring (bicyclic) bond motifs is 1. The third kappa shape index (κ3) is 5.35. The second kappa shape index (κ2) is 10.1. The van der Waals surface area contributed by atoms with Crippen LogP contribution in [0.3, 0.4) is 0 Å². The predicted octanol–water partition coefficient (Wildman–Crippen LogP) is 4.59. The molecule has 3 aliphatic rings. The van der Waals surface area contributed by atoms with Gasteiger partial charge in [-0.3, -0.25) is 9.59 Å². The first kappa shape index (κ1) is 23.1. The van der Waals surface area contributed by atoms with Crippen molar-refractivity contribution in [2.24, 2.45) is 29.6 Å². The number of allylic oxidation sites excluding steroid dienone is 3. The van der Waals surface area contributed by atoms with Crippen molar-refractivity contribution >= 4 is 11.9 Å². The number of hydrogen-bond donors (Lipinski definition) is 1. The lowest BCUT2D eigenvalue weighted by atomic mass is 9.65. The minimum absolute atomic E-state index is 0.0856. The minimum atomic E-state index is -0.598. The molecule has 0 bridgehead atoms. The molecule has 1 aliphatic heterocycles. The van der Waals surface area contributed by atoms with E-state index in [1.165, 1.54) is 5.57 Å². The van der Waals surface area contributed by atoms with Crippen LogP contribution < -0.4 is 0 Å². The molecule has 1 heterocycles. The summed E-state index contributed by atoms with van der Waals surface area (Å²) in [5.41, 5.74) is 1.29. The summed E-state index contributed by atoms with van der Waals surface area (Å²) in [6.45, 7) is 8.36. The van der Waals surface area contributed by atoms with E-state index in [1.54, 1.807) is 0 Å². The van der Waals surface area contributed by atoms with Gasteiger partial charge in [-0.15, -0.1) is 0 Å². The molecule has 0 aromatic heterocycles. The average Bonchev–Trinajstić information content (AvgIpc) is 2.71. The maximum atomic E-state index is 12.6. The molecule has 168 valence electrons. The van der Waals surface area contributed by atoms with Crippen LogP contribution in [-0.4, -0.2) is 35.4 Å². The molecular formula is C25H38O5.